The molecule has 2 N–H and O–H groups in total. The number of rotatable bonds is 5. The van der Waals surface area contributed by atoms with Crippen LogP contribution >= 0.6 is 0 Å². The molecule has 4 nitrogen and oxygen atoms in total. The summed E-state index contributed by atoms with van der Waals surface area (Å²) < 4.78 is 9.61. The van der Waals surface area contributed by atoms with Crippen LogP contribution in [0.3, 0.4) is 0 Å². The minimum Gasteiger partial charge on any atom is -0.463 e. The molecule has 0 aromatic carbocycles. The lowest BCUT2D eigenvalue weighted by Gasteiger charge is -2.01. The Bertz CT molecular complexity index is 166. The van der Waals surface area contributed by atoms with Crippen molar-refractivity contribution in [3.8, 4) is 0 Å². The van der Waals surface area contributed by atoms with E-state index in [1.54, 1.807) is 6.92 Å². The van der Waals surface area contributed by atoms with Crippen molar-refractivity contribution in [2.24, 2.45) is 5.73 Å². The fourth-order valence-corrected chi connectivity index (χ4v) is 0.597. The van der Waals surface area contributed by atoms with E-state index in [4.69, 9.17) is 10.5 Å². The molecule has 0 amide bonds. The number of ether oxygens (including phenoxy) is 2. The summed E-state index contributed by atoms with van der Waals surface area (Å²) in [5.74, 6) is -0.422. The summed E-state index contributed by atoms with van der Waals surface area (Å²) >= 11 is 0. The molecule has 0 aliphatic rings. The molecule has 0 spiro atoms. The van der Waals surface area contributed by atoms with Gasteiger partial charge in [0, 0.05) is 18.4 Å². The monoisotopic (exact) mass is 173 g/mol. The summed E-state index contributed by atoms with van der Waals surface area (Å²) in [5, 5.41) is 0. The number of esters is 1. The van der Waals surface area contributed by atoms with Gasteiger partial charge >= 0.3 is 5.97 Å². The van der Waals surface area contributed by atoms with Gasteiger partial charge in [-0.2, -0.15) is 0 Å². The molecular weight excluding hydrogens is 158 g/mol. The molecule has 0 heterocycles. The predicted molar refractivity (Wildman–Crippen MR) is 45.4 cm³/mol. The predicted octanol–water partition coefficient (Wildman–Crippen LogP) is 0.429. The Morgan fingerprint density at radius 3 is 2.58 bits per heavy atom. The first kappa shape index (κ1) is 11.0. The van der Waals surface area contributed by atoms with Crippen molar-refractivity contribution in [3.05, 3.63) is 11.8 Å². The second-order valence-electron chi connectivity index (χ2n) is 2.11. The first-order valence-corrected chi connectivity index (χ1v) is 3.91. The highest BCUT2D eigenvalue weighted by Crippen LogP contribution is 1.88. The average molecular weight is 173 g/mol. The summed E-state index contributed by atoms with van der Waals surface area (Å²) in [7, 11) is 0. The Morgan fingerprint density at radius 2 is 2.08 bits per heavy atom. The van der Waals surface area contributed by atoms with E-state index in [2.05, 4.69) is 4.74 Å². The van der Waals surface area contributed by atoms with Gasteiger partial charge < -0.3 is 15.2 Å². The van der Waals surface area contributed by atoms with E-state index < -0.39 is 5.97 Å². The normalized spacial score (nSPS) is 11.3. The molecule has 0 aromatic rings. The zero-order chi connectivity index (χ0) is 9.40. The molecule has 0 saturated heterocycles. The highest BCUT2D eigenvalue weighted by Gasteiger charge is 1.97. The van der Waals surface area contributed by atoms with Crippen LogP contribution in [-0.4, -0.2) is 25.8 Å². The zero-order valence-corrected chi connectivity index (χ0v) is 7.50. The molecule has 0 unspecified atom stereocenters. The Labute approximate surface area is 72.3 Å². The van der Waals surface area contributed by atoms with Crippen LogP contribution in [0.5, 0.6) is 0 Å². The summed E-state index contributed by atoms with van der Waals surface area (Å²) in [6, 6.07) is 0. The Morgan fingerprint density at radius 1 is 1.42 bits per heavy atom. The number of carbonyl (C=O) groups is 1. The lowest BCUT2D eigenvalue weighted by atomic mass is 10.4. The van der Waals surface area contributed by atoms with E-state index in [9.17, 15) is 4.79 Å². The third-order valence-corrected chi connectivity index (χ3v) is 1.06. The smallest absolute Gasteiger partial charge is 0.332 e. The quantitative estimate of drug-likeness (QED) is 0.483. The van der Waals surface area contributed by atoms with Crippen molar-refractivity contribution >= 4 is 5.97 Å². The number of hydrogen-bond donors (Lipinski definition) is 1. The molecule has 0 bridgehead atoms. The van der Waals surface area contributed by atoms with Gasteiger partial charge in [0.25, 0.3) is 0 Å². The van der Waals surface area contributed by atoms with Crippen LogP contribution in [0, 0.1) is 0 Å². The van der Waals surface area contributed by atoms with Gasteiger partial charge in [0.15, 0.2) is 0 Å². The van der Waals surface area contributed by atoms with Crippen LogP contribution in [0.15, 0.2) is 11.8 Å². The van der Waals surface area contributed by atoms with Gasteiger partial charge in [-0.05, 0) is 13.8 Å². The Balaban J connectivity index is 3.72. The molecular formula is C8H15NO3. The van der Waals surface area contributed by atoms with Crippen molar-refractivity contribution in [2.45, 2.75) is 13.8 Å². The SMILES string of the molecule is CCOCC(N)=CC(=O)OCC. The van der Waals surface area contributed by atoms with Crippen molar-refractivity contribution < 1.29 is 14.3 Å². The van der Waals surface area contributed by atoms with Crippen molar-refractivity contribution in [1.82, 2.24) is 0 Å². The molecule has 4 heteroatoms. The molecule has 0 atom stereocenters. The van der Waals surface area contributed by atoms with E-state index in [-0.39, 0.29) is 6.61 Å². The standard InChI is InChI=1S/C8H15NO3/c1-3-11-6-7(9)5-8(10)12-4-2/h5H,3-4,6,9H2,1-2H3. The maximum atomic E-state index is 10.8. The lowest BCUT2D eigenvalue weighted by Crippen LogP contribution is -2.10. The van der Waals surface area contributed by atoms with E-state index in [1.807, 2.05) is 6.92 Å². The average Bonchev–Trinajstić information content (AvgIpc) is 2.01. The number of hydrogen-bond acceptors (Lipinski definition) is 4. The van der Waals surface area contributed by atoms with Crippen LogP contribution in [0.1, 0.15) is 13.8 Å². The first-order chi connectivity index (χ1) is 5.70. The third kappa shape index (κ3) is 5.73. The molecule has 12 heavy (non-hydrogen) atoms. The molecule has 0 saturated carbocycles. The van der Waals surface area contributed by atoms with Gasteiger partial charge in [0.2, 0.25) is 0 Å². The molecule has 0 aliphatic heterocycles. The second kappa shape index (κ2) is 6.67. The van der Waals surface area contributed by atoms with Gasteiger partial charge in [-0.15, -0.1) is 0 Å². The second-order valence-corrected chi connectivity index (χ2v) is 2.11. The first-order valence-electron chi connectivity index (χ1n) is 3.91. The van der Waals surface area contributed by atoms with E-state index in [0.717, 1.165) is 0 Å². The van der Waals surface area contributed by atoms with Gasteiger partial charge in [0.1, 0.15) is 0 Å². The lowest BCUT2D eigenvalue weighted by molar-refractivity contribution is -0.137. The van der Waals surface area contributed by atoms with Gasteiger partial charge in [-0.25, -0.2) is 4.79 Å². The third-order valence-electron chi connectivity index (χ3n) is 1.06. The Hall–Kier alpha value is -1.03. The topological polar surface area (TPSA) is 61.5 Å². The molecule has 0 radical (unpaired) electrons. The van der Waals surface area contributed by atoms with Crippen molar-refractivity contribution in [1.29, 1.82) is 0 Å². The number of nitrogens with two attached hydrogens (primary N) is 1. The van der Waals surface area contributed by atoms with E-state index >= 15 is 0 Å². The molecule has 70 valence electrons. The van der Waals surface area contributed by atoms with Crippen LogP contribution < -0.4 is 5.73 Å². The summed E-state index contributed by atoms with van der Waals surface area (Å²) in [6.45, 7) is 4.81. The molecule has 0 fully saturated rings. The van der Waals surface area contributed by atoms with Gasteiger partial charge in [-0.1, -0.05) is 0 Å². The largest absolute Gasteiger partial charge is 0.463 e. The summed E-state index contributed by atoms with van der Waals surface area (Å²) in [5.41, 5.74) is 5.81. The number of carbonyl (C=O) groups excluding carboxylic acids is 1. The van der Waals surface area contributed by atoms with E-state index in [1.165, 1.54) is 6.08 Å². The van der Waals surface area contributed by atoms with Crippen molar-refractivity contribution in [2.75, 3.05) is 19.8 Å². The van der Waals surface area contributed by atoms with Crippen LogP contribution in [0.4, 0.5) is 0 Å². The van der Waals surface area contributed by atoms with Gasteiger partial charge in [0.05, 0.1) is 13.2 Å². The van der Waals surface area contributed by atoms with Crippen LogP contribution in [0.2, 0.25) is 0 Å². The van der Waals surface area contributed by atoms with Crippen LogP contribution in [-0.2, 0) is 14.3 Å². The highest BCUT2D eigenvalue weighted by molar-refractivity contribution is 5.82. The molecule has 0 aliphatic carbocycles. The summed E-state index contributed by atoms with van der Waals surface area (Å²) in [6.07, 6.45) is 1.24. The van der Waals surface area contributed by atoms with Gasteiger partial charge in [-0.3, -0.25) is 0 Å². The minimum atomic E-state index is -0.422. The minimum absolute atomic E-state index is 0.273. The fourth-order valence-electron chi connectivity index (χ4n) is 0.597. The maximum absolute atomic E-state index is 10.8. The maximum Gasteiger partial charge on any atom is 0.332 e. The zero-order valence-electron chi connectivity index (χ0n) is 7.50. The van der Waals surface area contributed by atoms with Crippen molar-refractivity contribution in [3.63, 3.8) is 0 Å². The highest BCUT2D eigenvalue weighted by atomic mass is 16.5. The Kier molecular flexibility index (Phi) is 6.09. The fraction of sp³-hybridized carbons (Fsp3) is 0.625. The van der Waals surface area contributed by atoms with Crippen LogP contribution in [0.25, 0.3) is 0 Å². The molecule has 0 aromatic heterocycles. The molecule has 0 rings (SSSR count). The summed E-state index contributed by atoms with van der Waals surface area (Å²) in [4.78, 5) is 10.8. The van der Waals surface area contributed by atoms with E-state index in [0.29, 0.717) is 18.9 Å².